The van der Waals surface area contributed by atoms with E-state index in [9.17, 15) is 9.59 Å². The highest BCUT2D eigenvalue weighted by Crippen LogP contribution is 2.36. The second-order valence-electron chi connectivity index (χ2n) is 9.08. The number of esters is 1. The summed E-state index contributed by atoms with van der Waals surface area (Å²) < 4.78 is 25.0. The lowest BCUT2D eigenvalue weighted by Gasteiger charge is -2.26. The van der Waals surface area contributed by atoms with Crippen molar-refractivity contribution in [1.29, 1.82) is 0 Å². The highest BCUT2D eigenvalue weighted by molar-refractivity contribution is 7.07. The Morgan fingerprint density at radius 1 is 1.03 bits per heavy atom. The standard InChI is InChI=1S/C30H34N2O6S/c1-7-35-23-15-14-20(16-24(23)36-8-2)17-25-28(33)32-27(21-12-10-11-13-22(21)38-18(4)5)26(29(34)37-9-3)19(6)31-30(32)39-25/h10-18,27H,7-9H2,1-6H3/b25-17+/t27-/m0/s1. The van der Waals surface area contributed by atoms with E-state index in [0.29, 0.717) is 56.6 Å². The highest BCUT2D eigenvalue weighted by atomic mass is 32.1. The molecule has 0 N–H and O–H groups in total. The van der Waals surface area contributed by atoms with Crippen LogP contribution in [0.25, 0.3) is 6.08 Å². The molecular formula is C30H34N2O6S. The van der Waals surface area contributed by atoms with Crippen LogP contribution < -0.4 is 29.1 Å². The minimum atomic E-state index is -0.753. The molecule has 0 amide bonds. The van der Waals surface area contributed by atoms with Crippen LogP contribution in [0.1, 0.15) is 58.7 Å². The molecule has 0 spiro atoms. The van der Waals surface area contributed by atoms with Crippen molar-refractivity contribution in [2.75, 3.05) is 19.8 Å². The van der Waals surface area contributed by atoms with Crippen LogP contribution in [0.4, 0.5) is 0 Å². The van der Waals surface area contributed by atoms with Crippen molar-refractivity contribution in [2.24, 2.45) is 4.99 Å². The van der Waals surface area contributed by atoms with E-state index in [4.69, 9.17) is 18.9 Å². The van der Waals surface area contributed by atoms with E-state index in [1.807, 2.05) is 70.2 Å². The minimum Gasteiger partial charge on any atom is -0.491 e. The molecule has 0 fully saturated rings. The van der Waals surface area contributed by atoms with E-state index in [1.54, 1.807) is 24.5 Å². The van der Waals surface area contributed by atoms with Gasteiger partial charge in [-0.15, -0.1) is 0 Å². The summed E-state index contributed by atoms with van der Waals surface area (Å²) in [6.45, 7) is 12.4. The SMILES string of the molecule is CCOC(=O)C1=C(C)N=c2s/c(=C/c3ccc(OCC)c(OCC)c3)c(=O)n2[C@H]1c1ccccc1OC(C)C. The Kier molecular flexibility index (Phi) is 8.91. The first kappa shape index (κ1) is 28.2. The molecule has 3 aromatic rings. The Morgan fingerprint density at radius 2 is 1.74 bits per heavy atom. The van der Waals surface area contributed by atoms with Crippen LogP contribution >= 0.6 is 11.3 Å². The Bertz CT molecular complexity index is 1570. The number of benzene rings is 2. The van der Waals surface area contributed by atoms with Gasteiger partial charge in [0.15, 0.2) is 16.3 Å². The van der Waals surface area contributed by atoms with Crippen LogP contribution in [0.15, 0.2) is 63.5 Å². The second kappa shape index (κ2) is 12.3. The number of thiazole rings is 1. The monoisotopic (exact) mass is 550 g/mol. The molecule has 4 rings (SSSR count). The molecule has 1 aromatic heterocycles. The number of rotatable bonds is 10. The van der Waals surface area contributed by atoms with Gasteiger partial charge >= 0.3 is 5.97 Å². The van der Waals surface area contributed by atoms with Gasteiger partial charge < -0.3 is 18.9 Å². The summed E-state index contributed by atoms with van der Waals surface area (Å²) >= 11 is 1.27. The summed E-state index contributed by atoms with van der Waals surface area (Å²) in [5.74, 6) is 1.34. The molecule has 1 aliphatic heterocycles. The number of aromatic nitrogens is 1. The van der Waals surface area contributed by atoms with Crippen molar-refractivity contribution in [3.05, 3.63) is 84.5 Å². The number of nitrogens with zero attached hydrogens (tertiary/aromatic N) is 2. The third kappa shape index (κ3) is 5.93. The maximum Gasteiger partial charge on any atom is 0.338 e. The fraction of sp³-hybridized carbons (Fsp3) is 0.367. The zero-order valence-electron chi connectivity index (χ0n) is 23.1. The minimum absolute atomic E-state index is 0.0997. The zero-order valence-corrected chi connectivity index (χ0v) is 24.0. The van der Waals surface area contributed by atoms with Gasteiger partial charge in [0.1, 0.15) is 11.8 Å². The molecule has 39 heavy (non-hydrogen) atoms. The first-order valence-electron chi connectivity index (χ1n) is 13.1. The molecular weight excluding hydrogens is 516 g/mol. The smallest absolute Gasteiger partial charge is 0.338 e. The average molecular weight is 551 g/mol. The van der Waals surface area contributed by atoms with E-state index < -0.39 is 12.0 Å². The average Bonchev–Trinajstić information content (AvgIpc) is 3.19. The van der Waals surface area contributed by atoms with Crippen LogP contribution in [-0.4, -0.2) is 36.5 Å². The van der Waals surface area contributed by atoms with Crippen molar-refractivity contribution >= 4 is 23.4 Å². The fourth-order valence-corrected chi connectivity index (χ4v) is 5.51. The molecule has 1 aliphatic rings. The van der Waals surface area contributed by atoms with Gasteiger partial charge in [-0.05, 0) is 71.4 Å². The van der Waals surface area contributed by atoms with Crippen LogP contribution in [0.5, 0.6) is 17.2 Å². The highest BCUT2D eigenvalue weighted by Gasteiger charge is 2.35. The van der Waals surface area contributed by atoms with Gasteiger partial charge in [-0.2, -0.15) is 0 Å². The third-order valence-electron chi connectivity index (χ3n) is 5.96. The first-order chi connectivity index (χ1) is 18.8. The molecule has 0 saturated carbocycles. The Hall–Kier alpha value is -3.85. The lowest BCUT2D eigenvalue weighted by atomic mass is 9.95. The predicted molar refractivity (Wildman–Crippen MR) is 151 cm³/mol. The molecule has 0 unspecified atom stereocenters. The number of carbonyl (C=O) groups is 1. The van der Waals surface area contributed by atoms with E-state index in [1.165, 1.54) is 11.3 Å². The zero-order chi connectivity index (χ0) is 28.1. The molecule has 206 valence electrons. The summed E-state index contributed by atoms with van der Waals surface area (Å²) in [6.07, 6.45) is 1.70. The van der Waals surface area contributed by atoms with Crippen LogP contribution in [0, 0.1) is 0 Å². The number of para-hydroxylation sites is 1. The van der Waals surface area contributed by atoms with Gasteiger partial charge in [0.2, 0.25) is 0 Å². The summed E-state index contributed by atoms with van der Waals surface area (Å²) in [6, 6.07) is 12.3. The lowest BCUT2D eigenvalue weighted by Crippen LogP contribution is -2.40. The topological polar surface area (TPSA) is 88.4 Å². The number of ether oxygens (including phenoxy) is 4. The van der Waals surface area contributed by atoms with Gasteiger partial charge in [0.25, 0.3) is 5.56 Å². The molecule has 9 heteroatoms. The fourth-order valence-electron chi connectivity index (χ4n) is 4.46. The van der Waals surface area contributed by atoms with Gasteiger partial charge in [-0.25, -0.2) is 9.79 Å². The van der Waals surface area contributed by atoms with Crippen molar-refractivity contribution in [1.82, 2.24) is 4.57 Å². The molecule has 2 aromatic carbocycles. The number of fused-ring (bicyclic) bond motifs is 1. The van der Waals surface area contributed by atoms with Gasteiger partial charge in [0.05, 0.1) is 41.7 Å². The largest absolute Gasteiger partial charge is 0.491 e. The second-order valence-corrected chi connectivity index (χ2v) is 10.1. The van der Waals surface area contributed by atoms with Crippen molar-refractivity contribution in [2.45, 2.75) is 53.7 Å². The summed E-state index contributed by atoms with van der Waals surface area (Å²) in [4.78, 5) is 32.3. The van der Waals surface area contributed by atoms with Crippen molar-refractivity contribution < 1.29 is 23.7 Å². The molecule has 0 bridgehead atoms. The van der Waals surface area contributed by atoms with Crippen LogP contribution in [-0.2, 0) is 9.53 Å². The molecule has 1 atom stereocenters. The molecule has 0 aliphatic carbocycles. The maximum absolute atomic E-state index is 14.0. The van der Waals surface area contributed by atoms with Crippen molar-refractivity contribution in [3.63, 3.8) is 0 Å². The maximum atomic E-state index is 14.0. The Labute approximate surface area is 231 Å². The van der Waals surface area contributed by atoms with Crippen molar-refractivity contribution in [3.8, 4) is 17.2 Å². The van der Waals surface area contributed by atoms with Gasteiger partial charge in [0, 0.05) is 5.56 Å². The van der Waals surface area contributed by atoms with Crippen LogP contribution in [0.2, 0.25) is 0 Å². The third-order valence-corrected chi connectivity index (χ3v) is 6.94. The quantitative estimate of drug-likeness (QED) is 0.348. The van der Waals surface area contributed by atoms with Gasteiger partial charge in [-0.3, -0.25) is 9.36 Å². The van der Waals surface area contributed by atoms with E-state index in [2.05, 4.69) is 4.99 Å². The van der Waals surface area contributed by atoms with E-state index in [-0.39, 0.29) is 18.3 Å². The van der Waals surface area contributed by atoms with Crippen LogP contribution in [0.3, 0.4) is 0 Å². The van der Waals surface area contributed by atoms with E-state index >= 15 is 0 Å². The van der Waals surface area contributed by atoms with Gasteiger partial charge in [-0.1, -0.05) is 35.6 Å². The molecule has 2 heterocycles. The number of allylic oxidation sites excluding steroid dienone is 1. The lowest BCUT2D eigenvalue weighted by molar-refractivity contribution is -0.139. The number of hydrogen-bond donors (Lipinski definition) is 0. The normalized spacial score (nSPS) is 15.2. The Morgan fingerprint density at radius 3 is 2.44 bits per heavy atom. The Balaban J connectivity index is 1.93. The molecule has 8 nitrogen and oxygen atoms in total. The predicted octanol–water partition coefficient (Wildman–Crippen LogP) is 4.38. The summed E-state index contributed by atoms with van der Waals surface area (Å²) in [5.41, 5.74) is 2.04. The molecule has 0 saturated heterocycles. The van der Waals surface area contributed by atoms with E-state index in [0.717, 1.165) is 5.56 Å². The number of hydrogen-bond acceptors (Lipinski definition) is 8. The molecule has 0 radical (unpaired) electrons. The first-order valence-corrected chi connectivity index (χ1v) is 13.9. The summed E-state index contributed by atoms with van der Waals surface area (Å²) in [7, 11) is 0. The summed E-state index contributed by atoms with van der Waals surface area (Å²) in [5, 5.41) is 0. The number of carbonyl (C=O) groups excluding carboxylic acids is 1.